The monoisotopic (exact) mass is 287 g/mol. The van der Waals surface area contributed by atoms with Crippen molar-refractivity contribution in [3.05, 3.63) is 90.3 Å². The first kappa shape index (κ1) is 13.9. The number of rotatable bonds is 4. The van der Waals surface area contributed by atoms with Gasteiger partial charge in [0.05, 0.1) is 0 Å². The van der Waals surface area contributed by atoms with Crippen molar-refractivity contribution in [2.75, 3.05) is 0 Å². The number of pyridine rings is 1. The normalized spacial score (nSPS) is 10.2. The Morgan fingerprint density at radius 1 is 0.636 bits per heavy atom. The van der Waals surface area contributed by atoms with Crippen LogP contribution in [0.3, 0.4) is 0 Å². The maximum Gasteiger partial charge on any atom is 0.233 e. The van der Waals surface area contributed by atoms with Crippen molar-refractivity contribution in [3.63, 3.8) is 0 Å². The highest BCUT2D eigenvalue weighted by Crippen LogP contribution is 2.20. The summed E-state index contributed by atoms with van der Waals surface area (Å²) in [6.45, 7) is 0. The number of hydrogen-bond donors (Lipinski definition) is 0. The van der Waals surface area contributed by atoms with Crippen LogP contribution in [0.2, 0.25) is 0 Å². The highest BCUT2D eigenvalue weighted by atomic mass is 16.2. The van der Waals surface area contributed by atoms with Crippen molar-refractivity contribution in [1.82, 2.24) is 4.98 Å². The Labute approximate surface area is 128 Å². The number of carbonyl (C=O) groups excluding carboxylic acids is 2. The average Bonchev–Trinajstić information content (AvgIpc) is 2.62. The van der Waals surface area contributed by atoms with Crippen LogP contribution in [0.25, 0.3) is 11.1 Å². The van der Waals surface area contributed by atoms with Crippen LogP contribution in [-0.4, -0.2) is 16.6 Å². The summed E-state index contributed by atoms with van der Waals surface area (Å²) in [4.78, 5) is 28.6. The molecule has 0 amide bonds. The van der Waals surface area contributed by atoms with Crippen LogP contribution in [-0.2, 0) is 0 Å². The van der Waals surface area contributed by atoms with E-state index in [1.165, 1.54) is 0 Å². The summed E-state index contributed by atoms with van der Waals surface area (Å²) < 4.78 is 0. The van der Waals surface area contributed by atoms with E-state index in [0.717, 1.165) is 11.1 Å². The number of hydrogen-bond acceptors (Lipinski definition) is 3. The molecule has 1 aromatic heterocycles. The van der Waals surface area contributed by atoms with Crippen LogP contribution in [0.4, 0.5) is 0 Å². The Bertz CT molecular complexity index is 811. The van der Waals surface area contributed by atoms with E-state index in [-0.39, 0.29) is 0 Å². The maximum atomic E-state index is 12.4. The SMILES string of the molecule is O=C(C(=O)c1cccc(-c2ccncc2)c1)c1ccccc1. The highest BCUT2D eigenvalue weighted by Gasteiger charge is 2.18. The number of Topliss-reactive ketones (excluding diaryl/α,β-unsaturated/α-hetero) is 2. The summed E-state index contributed by atoms with van der Waals surface area (Å²) in [5, 5.41) is 0. The van der Waals surface area contributed by atoms with E-state index in [1.54, 1.807) is 54.9 Å². The second kappa shape index (κ2) is 6.14. The molecule has 0 aliphatic carbocycles. The van der Waals surface area contributed by atoms with Crippen molar-refractivity contribution in [2.24, 2.45) is 0 Å². The Kier molecular flexibility index (Phi) is 3.88. The van der Waals surface area contributed by atoms with E-state index in [9.17, 15) is 9.59 Å². The van der Waals surface area contributed by atoms with Crippen molar-refractivity contribution in [2.45, 2.75) is 0 Å². The van der Waals surface area contributed by atoms with E-state index in [4.69, 9.17) is 0 Å². The Morgan fingerprint density at radius 2 is 1.27 bits per heavy atom. The second-order valence-corrected chi connectivity index (χ2v) is 4.84. The lowest BCUT2D eigenvalue weighted by Crippen LogP contribution is -2.14. The van der Waals surface area contributed by atoms with Crippen LogP contribution in [0.15, 0.2) is 79.1 Å². The topological polar surface area (TPSA) is 47.0 Å². The molecule has 0 spiro atoms. The van der Waals surface area contributed by atoms with Crippen LogP contribution >= 0.6 is 0 Å². The zero-order valence-corrected chi connectivity index (χ0v) is 11.8. The predicted octanol–water partition coefficient (Wildman–Crippen LogP) is 3.81. The van der Waals surface area contributed by atoms with Gasteiger partial charge < -0.3 is 0 Å². The van der Waals surface area contributed by atoms with E-state index in [2.05, 4.69) is 4.98 Å². The molecule has 0 aliphatic heterocycles. The molecule has 0 atom stereocenters. The molecule has 0 radical (unpaired) electrons. The first-order chi connectivity index (χ1) is 10.8. The second-order valence-electron chi connectivity index (χ2n) is 4.84. The average molecular weight is 287 g/mol. The Morgan fingerprint density at radius 3 is 2.00 bits per heavy atom. The van der Waals surface area contributed by atoms with Crippen molar-refractivity contribution in [1.29, 1.82) is 0 Å². The van der Waals surface area contributed by atoms with Crippen LogP contribution in [0, 0.1) is 0 Å². The van der Waals surface area contributed by atoms with Gasteiger partial charge in [-0.25, -0.2) is 0 Å². The molecule has 3 aromatic rings. The van der Waals surface area contributed by atoms with Crippen molar-refractivity contribution >= 4 is 11.6 Å². The minimum Gasteiger partial charge on any atom is -0.285 e. The molecule has 106 valence electrons. The molecule has 0 fully saturated rings. The number of ketones is 2. The third-order valence-corrected chi connectivity index (χ3v) is 3.38. The number of nitrogens with zero attached hydrogens (tertiary/aromatic N) is 1. The standard InChI is InChI=1S/C19H13NO2/c21-18(15-5-2-1-3-6-15)19(22)17-8-4-7-16(13-17)14-9-11-20-12-10-14/h1-13H. The lowest BCUT2D eigenvalue weighted by molar-refractivity contribution is 0.0817. The molecule has 0 aliphatic rings. The number of aromatic nitrogens is 1. The van der Waals surface area contributed by atoms with Crippen LogP contribution < -0.4 is 0 Å². The van der Waals surface area contributed by atoms with Crippen molar-refractivity contribution in [3.8, 4) is 11.1 Å². The molecule has 3 nitrogen and oxygen atoms in total. The molecule has 0 bridgehead atoms. The molecule has 3 heteroatoms. The van der Waals surface area contributed by atoms with Gasteiger partial charge in [0.15, 0.2) is 0 Å². The third-order valence-electron chi connectivity index (χ3n) is 3.38. The van der Waals surface area contributed by atoms with Gasteiger partial charge in [-0.05, 0) is 29.3 Å². The van der Waals surface area contributed by atoms with E-state index in [0.29, 0.717) is 11.1 Å². The Balaban J connectivity index is 1.93. The molecule has 1 heterocycles. The molecule has 0 saturated heterocycles. The zero-order chi connectivity index (χ0) is 15.4. The maximum absolute atomic E-state index is 12.4. The predicted molar refractivity (Wildman–Crippen MR) is 84.8 cm³/mol. The summed E-state index contributed by atoms with van der Waals surface area (Å²) in [6, 6.07) is 19.4. The molecule has 0 unspecified atom stereocenters. The number of benzene rings is 2. The van der Waals surface area contributed by atoms with Gasteiger partial charge in [0.1, 0.15) is 0 Å². The minimum absolute atomic E-state index is 0.392. The molecule has 3 rings (SSSR count). The van der Waals surface area contributed by atoms with Gasteiger partial charge >= 0.3 is 0 Å². The van der Waals surface area contributed by atoms with Crippen molar-refractivity contribution < 1.29 is 9.59 Å². The van der Waals surface area contributed by atoms with Gasteiger partial charge in [0.25, 0.3) is 0 Å². The zero-order valence-electron chi connectivity index (χ0n) is 11.8. The van der Waals surface area contributed by atoms with Gasteiger partial charge in [0, 0.05) is 23.5 Å². The number of carbonyl (C=O) groups is 2. The van der Waals surface area contributed by atoms with Gasteiger partial charge in [-0.2, -0.15) is 0 Å². The molecule has 0 N–H and O–H groups in total. The molecule has 22 heavy (non-hydrogen) atoms. The first-order valence-electron chi connectivity index (χ1n) is 6.90. The summed E-state index contributed by atoms with van der Waals surface area (Å²) >= 11 is 0. The van der Waals surface area contributed by atoms with Crippen LogP contribution in [0.5, 0.6) is 0 Å². The van der Waals surface area contributed by atoms with Gasteiger partial charge in [0.2, 0.25) is 11.6 Å². The van der Waals surface area contributed by atoms with E-state index >= 15 is 0 Å². The molecule has 0 saturated carbocycles. The summed E-state index contributed by atoms with van der Waals surface area (Å²) in [6.07, 6.45) is 3.39. The third kappa shape index (κ3) is 2.83. The highest BCUT2D eigenvalue weighted by molar-refractivity contribution is 6.49. The summed E-state index contributed by atoms with van der Waals surface area (Å²) in [7, 11) is 0. The first-order valence-corrected chi connectivity index (χ1v) is 6.90. The van der Waals surface area contributed by atoms with Gasteiger partial charge in [-0.1, -0.05) is 48.5 Å². The lowest BCUT2D eigenvalue weighted by Gasteiger charge is -2.05. The Hall–Kier alpha value is -3.07. The fraction of sp³-hybridized carbons (Fsp3) is 0. The smallest absolute Gasteiger partial charge is 0.233 e. The van der Waals surface area contributed by atoms with Gasteiger partial charge in [-0.3, -0.25) is 14.6 Å². The largest absolute Gasteiger partial charge is 0.285 e. The molecular formula is C19H13NO2. The van der Waals surface area contributed by atoms with Crippen LogP contribution in [0.1, 0.15) is 20.7 Å². The molecular weight excluding hydrogens is 274 g/mol. The lowest BCUT2D eigenvalue weighted by atomic mass is 9.98. The van der Waals surface area contributed by atoms with E-state index in [1.807, 2.05) is 24.3 Å². The summed E-state index contributed by atoms with van der Waals surface area (Å²) in [5.41, 5.74) is 2.64. The molecule has 2 aromatic carbocycles. The van der Waals surface area contributed by atoms with Gasteiger partial charge in [-0.15, -0.1) is 0 Å². The quantitative estimate of drug-likeness (QED) is 0.541. The summed E-state index contributed by atoms with van der Waals surface area (Å²) in [5.74, 6) is -0.991. The fourth-order valence-electron chi connectivity index (χ4n) is 2.24. The minimum atomic E-state index is -0.498. The van der Waals surface area contributed by atoms with E-state index < -0.39 is 11.6 Å². The fourth-order valence-corrected chi connectivity index (χ4v) is 2.24.